The highest BCUT2D eigenvalue weighted by atomic mass is 19.1. The van der Waals surface area contributed by atoms with Crippen LogP contribution in [-0.4, -0.2) is 36.9 Å². The van der Waals surface area contributed by atoms with Crippen LogP contribution < -0.4 is 5.32 Å². The zero-order valence-corrected chi connectivity index (χ0v) is 13.2. The first-order valence-corrected chi connectivity index (χ1v) is 7.06. The molecule has 1 aliphatic rings. The minimum Gasteiger partial charge on any atom is -0.400 e. The molecule has 1 aliphatic heterocycles. The summed E-state index contributed by atoms with van der Waals surface area (Å²) in [6.07, 6.45) is 4.66. The molecular formula is C15H22BFN2O2. The van der Waals surface area contributed by atoms with Crippen molar-refractivity contribution in [3.05, 3.63) is 35.3 Å². The third-order valence-corrected chi connectivity index (χ3v) is 4.01. The Morgan fingerprint density at radius 1 is 1.29 bits per heavy atom. The van der Waals surface area contributed by atoms with Gasteiger partial charge in [0, 0.05) is 12.7 Å². The molecule has 2 rings (SSSR count). The molecule has 0 aromatic carbocycles. The Morgan fingerprint density at radius 2 is 1.90 bits per heavy atom. The lowest BCUT2D eigenvalue weighted by Gasteiger charge is -2.32. The topological polar surface area (TPSA) is 43.4 Å². The normalized spacial score (nSPS) is 20.9. The molecule has 0 spiro atoms. The van der Waals surface area contributed by atoms with Crippen LogP contribution in [0.3, 0.4) is 0 Å². The van der Waals surface area contributed by atoms with Crippen LogP contribution in [0.15, 0.2) is 23.9 Å². The number of pyridine rings is 1. The van der Waals surface area contributed by atoms with E-state index in [1.54, 1.807) is 6.20 Å². The highest BCUT2D eigenvalue weighted by Crippen LogP contribution is 2.38. The standard InChI is InChI=1S/C15H22BFN2O2/c1-14(2)15(3,4)21-16(20-14)12(9-18-5)6-11-7-13(17)10-19-8-11/h6-8,10,18H,9H2,1-5H3. The minimum atomic E-state index is -0.453. The molecule has 4 nitrogen and oxygen atoms in total. The van der Waals surface area contributed by atoms with Crippen LogP contribution in [0.4, 0.5) is 4.39 Å². The van der Waals surface area contributed by atoms with Crippen molar-refractivity contribution < 1.29 is 13.7 Å². The summed E-state index contributed by atoms with van der Waals surface area (Å²) in [4.78, 5) is 3.86. The lowest BCUT2D eigenvalue weighted by molar-refractivity contribution is 0.00578. The highest BCUT2D eigenvalue weighted by Gasteiger charge is 2.52. The van der Waals surface area contributed by atoms with Crippen molar-refractivity contribution in [2.45, 2.75) is 38.9 Å². The molecule has 114 valence electrons. The van der Waals surface area contributed by atoms with Crippen molar-refractivity contribution in [1.29, 1.82) is 0 Å². The maximum atomic E-state index is 13.3. The van der Waals surface area contributed by atoms with E-state index < -0.39 is 18.3 Å². The largest absolute Gasteiger partial charge is 0.491 e. The fraction of sp³-hybridized carbons (Fsp3) is 0.533. The smallest absolute Gasteiger partial charge is 0.400 e. The number of hydrogen-bond acceptors (Lipinski definition) is 4. The lowest BCUT2D eigenvalue weighted by atomic mass is 9.77. The molecule has 0 amide bonds. The van der Waals surface area contributed by atoms with Crippen LogP contribution in [0.1, 0.15) is 33.3 Å². The number of nitrogens with zero attached hydrogens (tertiary/aromatic N) is 1. The second-order valence-corrected chi connectivity index (χ2v) is 6.27. The van der Waals surface area contributed by atoms with Gasteiger partial charge in [-0.2, -0.15) is 0 Å². The molecule has 0 atom stereocenters. The van der Waals surface area contributed by atoms with Gasteiger partial charge in [0.25, 0.3) is 0 Å². The van der Waals surface area contributed by atoms with Gasteiger partial charge in [-0.05, 0) is 51.8 Å². The number of likely N-dealkylation sites (N-methyl/N-ethyl adjacent to an activating group) is 1. The fourth-order valence-electron chi connectivity index (χ4n) is 2.12. The molecule has 2 heterocycles. The summed E-state index contributed by atoms with van der Waals surface area (Å²) in [5.41, 5.74) is 0.800. The van der Waals surface area contributed by atoms with Crippen molar-refractivity contribution in [1.82, 2.24) is 10.3 Å². The van der Waals surface area contributed by atoms with Crippen LogP contribution in [-0.2, 0) is 9.31 Å². The van der Waals surface area contributed by atoms with Gasteiger partial charge >= 0.3 is 7.12 Å². The van der Waals surface area contributed by atoms with Gasteiger partial charge in [-0.25, -0.2) is 4.39 Å². The van der Waals surface area contributed by atoms with E-state index in [0.717, 1.165) is 5.47 Å². The van der Waals surface area contributed by atoms with Crippen molar-refractivity contribution >= 4 is 13.2 Å². The Kier molecular flexibility index (Phi) is 4.51. The quantitative estimate of drug-likeness (QED) is 0.866. The van der Waals surface area contributed by atoms with E-state index in [0.29, 0.717) is 12.1 Å². The maximum absolute atomic E-state index is 13.3. The first-order valence-electron chi connectivity index (χ1n) is 7.06. The molecule has 0 aliphatic carbocycles. The molecule has 0 bridgehead atoms. The number of rotatable bonds is 4. The minimum absolute atomic E-state index is 0.360. The van der Waals surface area contributed by atoms with Gasteiger partial charge in [0.05, 0.1) is 17.4 Å². The van der Waals surface area contributed by atoms with Gasteiger partial charge in [0.2, 0.25) is 0 Å². The van der Waals surface area contributed by atoms with E-state index in [1.165, 1.54) is 12.3 Å². The second kappa shape index (κ2) is 5.87. The zero-order valence-electron chi connectivity index (χ0n) is 13.2. The monoisotopic (exact) mass is 292 g/mol. The number of hydrogen-bond donors (Lipinski definition) is 1. The van der Waals surface area contributed by atoms with Crippen molar-refractivity contribution in [2.24, 2.45) is 0 Å². The van der Waals surface area contributed by atoms with Crippen LogP contribution in [0, 0.1) is 5.82 Å². The number of aromatic nitrogens is 1. The molecule has 1 saturated heterocycles. The fourth-order valence-corrected chi connectivity index (χ4v) is 2.12. The lowest BCUT2D eigenvalue weighted by Crippen LogP contribution is -2.41. The molecule has 0 saturated carbocycles. The summed E-state index contributed by atoms with van der Waals surface area (Å²) in [5.74, 6) is -0.360. The van der Waals surface area contributed by atoms with Crippen LogP contribution in [0.25, 0.3) is 6.08 Å². The molecule has 0 unspecified atom stereocenters. The first kappa shape index (κ1) is 16.1. The number of halogens is 1. The predicted octanol–water partition coefficient (Wildman–Crippen LogP) is 2.45. The molecule has 0 radical (unpaired) electrons. The summed E-state index contributed by atoms with van der Waals surface area (Å²) in [5, 5.41) is 3.09. The zero-order chi connectivity index (χ0) is 15.7. The Hall–Kier alpha value is -1.24. The van der Waals surface area contributed by atoms with Crippen LogP contribution in [0.5, 0.6) is 0 Å². The van der Waals surface area contributed by atoms with Gasteiger partial charge in [0.15, 0.2) is 0 Å². The molecule has 21 heavy (non-hydrogen) atoms. The highest BCUT2D eigenvalue weighted by molar-refractivity contribution is 6.55. The summed E-state index contributed by atoms with van der Waals surface area (Å²) < 4.78 is 25.3. The Balaban J connectivity index is 2.28. The van der Waals surface area contributed by atoms with E-state index in [9.17, 15) is 4.39 Å². The summed E-state index contributed by atoms with van der Waals surface area (Å²) in [6.45, 7) is 8.62. The van der Waals surface area contributed by atoms with E-state index in [2.05, 4.69) is 10.3 Å². The van der Waals surface area contributed by atoms with Gasteiger partial charge in [-0.1, -0.05) is 6.08 Å². The maximum Gasteiger partial charge on any atom is 0.491 e. The Morgan fingerprint density at radius 3 is 2.43 bits per heavy atom. The second-order valence-electron chi connectivity index (χ2n) is 6.27. The van der Waals surface area contributed by atoms with Crippen LogP contribution in [0.2, 0.25) is 0 Å². The van der Waals surface area contributed by atoms with Crippen molar-refractivity contribution in [3.8, 4) is 0 Å². The van der Waals surface area contributed by atoms with Gasteiger partial charge in [-0.15, -0.1) is 0 Å². The summed E-state index contributed by atoms with van der Waals surface area (Å²) >= 11 is 0. The Bertz CT molecular complexity index is 530. The third kappa shape index (κ3) is 3.51. The van der Waals surface area contributed by atoms with E-state index >= 15 is 0 Å². The first-order chi connectivity index (χ1) is 9.75. The predicted molar refractivity (Wildman–Crippen MR) is 82.2 cm³/mol. The van der Waals surface area contributed by atoms with Crippen molar-refractivity contribution in [2.75, 3.05) is 13.6 Å². The molecule has 6 heteroatoms. The van der Waals surface area contributed by atoms with E-state index in [4.69, 9.17) is 9.31 Å². The van der Waals surface area contributed by atoms with Crippen molar-refractivity contribution in [3.63, 3.8) is 0 Å². The van der Waals surface area contributed by atoms with Gasteiger partial charge in [-0.3, -0.25) is 4.98 Å². The van der Waals surface area contributed by atoms with Gasteiger partial charge in [0.1, 0.15) is 5.82 Å². The van der Waals surface area contributed by atoms with E-state index in [1.807, 2.05) is 40.8 Å². The Labute approximate surface area is 125 Å². The molecule has 1 aromatic heterocycles. The van der Waals surface area contributed by atoms with E-state index in [-0.39, 0.29) is 5.82 Å². The summed E-state index contributed by atoms with van der Waals surface area (Å²) in [7, 11) is 1.40. The average molecular weight is 292 g/mol. The molecule has 1 fully saturated rings. The SMILES string of the molecule is CNCC(=Cc1cncc(F)c1)B1OC(C)(C)C(C)(C)O1. The average Bonchev–Trinajstić information content (AvgIpc) is 2.58. The van der Waals surface area contributed by atoms with Crippen LogP contribution >= 0.6 is 0 Å². The molecule has 1 N–H and O–H groups in total. The molecule has 1 aromatic rings. The molecular weight excluding hydrogens is 270 g/mol. The summed E-state index contributed by atoms with van der Waals surface area (Å²) in [6, 6.07) is 1.44. The third-order valence-electron chi connectivity index (χ3n) is 4.01. The van der Waals surface area contributed by atoms with Gasteiger partial charge < -0.3 is 14.6 Å². The number of nitrogens with one attached hydrogen (secondary N) is 1.